The van der Waals surface area contributed by atoms with E-state index in [1.54, 1.807) is 0 Å². The number of carbonyl (C=O) groups is 1. The molecule has 1 aromatic carbocycles. The second-order valence-corrected chi connectivity index (χ2v) is 7.18. The number of benzene rings is 1. The zero-order valence-electron chi connectivity index (χ0n) is 14.9. The summed E-state index contributed by atoms with van der Waals surface area (Å²) in [5.41, 5.74) is -3.38. The lowest BCUT2D eigenvalue weighted by Crippen LogP contribution is -2.35. The highest BCUT2D eigenvalue weighted by Gasteiger charge is 2.38. The van der Waals surface area contributed by atoms with Crippen molar-refractivity contribution in [3.63, 3.8) is 0 Å². The Labute approximate surface area is 157 Å². The summed E-state index contributed by atoms with van der Waals surface area (Å²) < 4.78 is 78.7. The SMILES string of the molecule is O=C(NC1CCCCCCC1)c1cc2c(C(F)(F)F)cc(C(F)(F)F)cc2[nH]1. The van der Waals surface area contributed by atoms with Crippen LogP contribution in [0.15, 0.2) is 18.2 Å². The smallest absolute Gasteiger partial charge is 0.351 e. The maximum atomic E-state index is 13.3. The Kier molecular flexibility index (Phi) is 5.63. The fourth-order valence-electron chi connectivity index (χ4n) is 3.62. The van der Waals surface area contributed by atoms with E-state index >= 15 is 0 Å². The average Bonchev–Trinajstić information content (AvgIpc) is 2.98. The number of aromatic nitrogens is 1. The van der Waals surface area contributed by atoms with Gasteiger partial charge in [-0.2, -0.15) is 26.3 Å². The molecule has 0 bridgehead atoms. The number of amides is 1. The number of hydrogen-bond donors (Lipinski definition) is 2. The van der Waals surface area contributed by atoms with Crippen molar-refractivity contribution < 1.29 is 31.1 Å². The lowest BCUT2D eigenvalue weighted by Gasteiger charge is -2.20. The highest BCUT2D eigenvalue weighted by Crippen LogP contribution is 2.40. The number of H-pyrrole nitrogens is 1. The Bertz CT molecular complexity index is 844. The maximum absolute atomic E-state index is 13.3. The van der Waals surface area contributed by atoms with E-state index in [1.807, 2.05) is 0 Å². The van der Waals surface area contributed by atoms with Gasteiger partial charge in [0.05, 0.1) is 11.1 Å². The van der Waals surface area contributed by atoms with Crippen molar-refractivity contribution >= 4 is 16.8 Å². The number of halogens is 6. The van der Waals surface area contributed by atoms with Crippen molar-refractivity contribution in [1.29, 1.82) is 0 Å². The van der Waals surface area contributed by atoms with Gasteiger partial charge in [0.15, 0.2) is 0 Å². The van der Waals surface area contributed by atoms with Gasteiger partial charge >= 0.3 is 12.4 Å². The van der Waals surface area contributed by atoms with Gasteiger partial charge in [0.25, 0.3) is 5.91 Å². The van der Waals surface area contributed by atoms with Gasteiger partial charge in [0, 0.05) is 16.9 Å². The van der Waals surface area contributed by atoms with E-state index in [9.17, 15) is 31.1 Å². The molecule has 154 valence electrons. The molecule has 1 fully saturated rings. The molecule has 1 aromatic heterocycles. The quantitative estimate of drug-likeness (QED) is 0.586. The molecule has 1 aliphatic carbocycles. The largest absolute Gasteiger partial charge is 0.417 e. The standard InChI is InChI=1S/C19H20F6N2O/c20-18(21,22)11-8-14(19(23,24)25)13-10-16(27-15(13)9-11)17(28)26-12-6-4-2-1-3-5-7-12/h8-10,12,27H,1-7H2,(H,26,28). The van der Waals surface area contributed by atoms with Crippen LogP contribution in [0.4, 0.5) is 26.3 Å². The Balaban J connectivity index is 1.93. The van der Waals surface area contributed by atoms with Crippen molar-refractivity contribution in [2.24, 2.45) is 0 Å². The van der Waals surface area contributed by atoms with Crippen LogP contribution in [-0.4, -0.2) is 16.9 Å². The first kappa shape index (κ1) is 20.5. The summed E-state index contributed by atoms with van der Waals surface area (Å²) in [4.78, 5) is 14.9. The lowest BCUT2D eigenvalue weighted by molar-refractivity contribution is -0.142. The summed E-state index contributed by atoms with van der Waals surface area (Å²) in [7, 11) is 0. The lowest BCUT2D eigenvalue weighted by atomic mass is 9.96. The summed E-state index contributed by atoms with van der Waals surface area (Å²) in [6.45, 7) is 0. The van der Waals surface area contributed by atoms with Crippen LogP contribution in [0.3, 0.4) is 0 Å². The molecule has 3 rings (SSSR count). The number of aromatic amines is 1. The number of carbonyl (C=O) groups excluding carboxylic acids is 1. The molecule has 0 atom stereocenters. The monoisotopic (exact) mass is 406 g/mol. The number of nitrogens with one attached hydrogen (secondary N) is 2. The Hall–Kier alpha value is -2.19. The van der Waals surface area contributed by atoms with Gasteiger partial charge in [0.1, 0.15) is 5.69 Å². The van der Waals surface area contributed by atoms with Crippen molar-refractivity contribution in [3.8, 4) is 0 Å². The first-order valence-corrected chi connectivity index (χ1v) is 9.18. The Morgan fingerprint density at radius 2 is 1.50 bits per heavy atom. The van der Waals surface area contributed by atoms with E-state index in [0.29, 0.717) is 6.07 Å². The summed E-state index contributed by atoms with van der Waals surface area (Å²) >= 11 is 0. The van der Waals surface area contributed by atoms with Crippen molar-refractivity contribution in [1.82, 2.24) is 10.3 Å². The number of rotatable bonds is 2. The van der Waals surface area contributed by atoms with Gasteiger partial charge < -0.3 is 10.3 Å². The molecule has 0 spiro atoms. The molecular formula is C19H20F6N2O. The summed E-state index contributed by atoms with van der Waals surface area (Å²) in [5.74, 6) is -0.608. The van der Waals surface area contributed by atoms with Crippen molar-refractivity contribution in [3.05, 3.63) is 35.0 Å². The molecule has 0 unspecified atom stereocenters. The fourth-order valence-corrected chi connectivity index (χ4v) is 3.62. The zero-order chi connectivity index (χ0) is 20.5. The van der Waals surface area contributed by atoms with Gasteiger partial charge in [-0.05, 0) is 31.0 Å². The number of hydrogen-bond acceptors (Lipinski definition) is 1. The van der Waals surface area contributed by atoms with E-state index in [2.05, 4.69) is 10.3 Å². The first-order chi connectivity index (χ1) is 13.1. The molecule has 2 aromatic rings. The number of alkyl halides is 6. The highest BCUT2D eigenvalue weighted by molar-refractivity contribution is 5.99. The van der Waals surface area contributed by atoms with Gasteiger partial charge in [0.2, 0.25) is 0 Å². The van der Waals surface area contributed by atoms with E-state index in [0.717, 1.165) is 51.0 Å². The predicted molar refractivity (Wildman–Crippen MR) is 91.9 cm³/mol. The van der Waals surface area contributed by atoms with Crippen LogP contribution in [0.25, 0.3) is 10.9 Å². The van der Waals surface area contributed by atoms with Crippen LogP contribution in [-0.2, 0) is 12.4 Å². The van der Waals surface area contributed by atoms with Gasteiger partial charge in [-0.1, -0.05) is 32.1 Å². The molecule has 0 radical (unpaired) electrons. The van der Waals surface area contributed by atoms with Gasteiger partial charge in [-0.25, -0.2) is 0 Å². The normalized spacial score (nSPS) is 17.4. The predicted octanol–water partition coefficient (Wildman–Crippen LogP) is 6.05. The van der Waals surface area contributed by atoms with Crippen LogP contribution in [0.1, 0.15) is 66.6 Å². The third-order valence-electron chi connectivity index (χ3n) is 5.06. The zero-order valence-corrected chi connectivity index (χ0v) is 14.9. The second kappa shape index (κ2) is 7.67. The van der Waals surface area contributed by atoms with Crippen molar-refractivity contribution in [2.75, 3.05) is 0 Å². The molecule has 2 N–H and O–H groups in total. The minimum atomic E-state index is -4.98. The van der Waals surface area contributed by atoms with Crippen molar-refractivity contribution in [2.45, 2.75) is 63.3 Å². The van der Waals surface area contributed by atoms with Gasteiger partial charge in [-0.3, -0.25) is 4.79 Å². The Morgan fingerprint density at radius 3 is 2.07 bits per heavy atom. The van der Waals surface area contributed by atoms with E-state index < -0.39 is 34.8 Å². The topological polar surface area (TPSA) is 44.9 Å². The third kappa shape index (κ3) is 4.62. The third-order valence-corrected chi connectivity index (χ3v) is 5.06. The maximum Gasteiger partial charge on any atom is 0.417 e. The van der Waals surface area contributed by atoms with E-state index in [1.165, 1.54) is 0 Å². The Morgan fingerprint density at radius 1 is 0.893 bits per heavy atom. The molecule has 0 aliphatic heterocycles. The second-order valence-electron chi connectivity index (χ2n) is 7.18. The highest BCUT2D eigenvalue weighted by atomic mass is 19.4. The molecule has 9 heteroatoms. The fraction of sp³-hybridized carbons (Fsp3) is 0.526. The van der Waals surface area contributed by atoms with E-state index in [-0.39, 0.29) is 23.3 Å². The van der Waals surface area contributed by atoms with Crippen LogP contribution in [0.5, 0.6) is 0 Å². The minimum absolute atomic E-state index is 0.0761. The molecular weight excluding hydrogens is 386 g/mol. The van der Waals surface area contributed by atoms with Crippen LogP contribution in [0.2, 0.25) is 0 Å². The molecule has 1 saturated carbocycles. The van der Waals surface area contributed by atoms with Crippen LogP contribution >= 0.6 is 0 Å². The van der Waals surface area contributed by atoms with Gasteiger partial charge in [-0.15, -0.1) is 0 Å². The molecule has 0 saturated heterocycles. The summed E-state index contributed by atoms with van der Waals surface area (Å²) in [5, 5.41) is 2.34. The average molecular weight is 406 g/mol. The van der Waals surface area contributed by atoms with Crippen LogP contribution < -0.4 is 5.32 Å². The number of fused-ring (bicyclic) bond motifs is 1. The molecule has 3 nitrogen and oxygen atoms in total. The van der Waals surface area contributed by atoms with Crippen LogP contribution in [0, 0.1) is 0 Å². The summed E-state index contributed by atoms with van der Waals surface area (Å²) in [6.07, 6.45) is -3.19. The molecule has 1 heterocycles. The molecule has 28 heavy (non-hydrogen) atoms. The minimum Gasteiger partial charge on any atom is -0.351 e. The molecule has 1 aliphatic rings. The first-order valence-electron chi connectivity index (χ1n) is 9.18. The summed E-state index contributed by atoms with van der Waals surface area (Å²) in [6, 6.07) is 1.55. The van der Waals surface area contributed by atoms with E-state index in [4.69, 9.17) is 0 Å². The molecule has 1 amide bonds.